The molecule has 0 amide bonds. The van der Waals surface area contributed by atoms with Gasteiger partial charge in [0, 0.05) is 45.4 Å². The topological polar surface area (TPSA) is 77.8 Å². The summed E-state index contributed by atoms with van der Waals surface area (Å²) >= 11 is 5.90. The van der Waals surface area contributed by atoms with Crippen LogP contribution in [0.4, 0.5) is 17.6 Å². The highest BCUT2D eigenvalue weighted by atomic mass is 35.5. The van der Waals surface area contributed by atoms with Gasteiger partial charge in [-0.3, -0.25) is 4.79 Å². The number of rotatable bonds is 8. The van der Waals surface area contributed by atoms with Gasteiger partial charge in [-0.15, -0.1) is 13.2 Å². The molecule has 0 aliphatic heterocycles. The van der Waals surface area contributed by atoms with E-state index in [1.807, 2.05) is 0 Å². The van der Waals surface area contributed by atoms with Crippen LogP contribution in [0.5, 0.6) is 11.5 Å². The number of carboxylic acid groups (broad SMARTS) is 1. The van der Waals surface area contributed by atoms with E-state index in [1.54, 1.807) is 19.9 Å². The zero-order valence-electron chi connectivity index (χ0n) is 20.0. The van der Waals surface area contributed by atoms with E-state index in [0.717, 1.165) is 24.3 Å². The first kappa shape index (κ1) is 27.0. The molecule has 4 rings (SSSR count). The molecular weight excluding hydrogens is 530 g/mol. The molecular formula is C27H20ClF4NO5. The van der Waals surface area contributed by atoms with Crippen LogP contribution in [0.15, 0.2) is 60.7 Å². The molecule has 1 N–H and O–H groups in total. The number of aliphatic carboxylic acids is 1. The van der Waals surface area contributed by atoms with Crippen molar-refractivity contribution in [3.05, 3.63) is 88.3 Å². The summed E-state index contributed by atoms with van der Waals surface area (Å²) in [5.74, 6) is -3.31. The molecule has 3 aromatic carbocycles. The summed E-state index contributed by atoms with van der Waals surface area (Å²) in [5, 5.41) is 9.96. The fourth-order valence-corrected chi connectivity index (χ4v) is 4.24. The molecule has 1 heterocycles. The van der Waals surface area contributed by atoms with Crippen molar-refractivity contribution in [2.45, 2.75) is 32.7 Å². The second-order valence-electron chi connectivity index (χ2n) is 8.41. The van der Waals surface area contributed by atoms with E-state index in [2.05, 4.69) is 4.74 Å². The highest BCUT2D eigenvalue weighted by molar-refractivity contribution is 6.30. The summed E-state index contributed by atoms with van der Waals surface area (Å²) in [6.07, 6.45) is -6.16. The van der Waals surface area contributed by atoms with E-state index in [0.29, 0.717) is 16.1 Å². The van der Waals surface area contributed by atoms with E-state index >= 15 is 0 Å². The standard InChI is InChI=1S/C27H20ClF4NO5/c1-3-24(26(35)36)37-19-10-17(29)9-18(11-19)33-14(2)8-21-22(25(34)15-4-6-16(28)7-5-15)12-20(13-23(21)33)38-27(30,31)32/h4-13,24H,3H2,1-2H3,(H,35,36)/t24-/m0/s1. The summed E-state index contributed by atoms with van der Waals surface area (Å²) < 4.78 is 65.0. The summed E-state index contributed by atoms with van der Waals surface area (Å²) in [6.45, 7) is 3.21. The SMILES string of the molecule is CC[C@H](Oc1cc(F)cc(-n2c(C)cc3c(C(=O)c4ccc(Cl)cc4)cc(OC(F)(F)F)cc32)c1)C(=O)O. The first-order valence-corrected chi connectivity index (χ1v) is 11.7. The Morgan fingerprint density at radius 3 is 2.32 bits per heavy atom. The number of aryl methyl sites for hydroxylation is 1. The molecule has 0 saturated carbocycles. The summed E-state index contributed by atoms with van der Waals surface area (Å²) in [7, 11) is 0. The first-order valence-electron chi connectivity index (χ1n) is 11.3. The van der Waals surface area contributed by atoms with Crippen LogP contribution in [0.1, 0.15) is 35.0 Å². The molecule has 0 bridgehead atoms. The van der Waals surface area contributed by atoms with Gasteiger partial charge >= 0.3 is 12.3 Å². The quantitative estimate of drug-likeness (QED) is 0.187. The van der Waals surface area contributed by atoms with Crippen molar-refractivity contribution in [3.63, 3.8) is 0 Å². The summed E-state index contributed by atoms with van der Waals surface area (Å²) in [5.41, 5.74) is 0.836. The molecule has 0 spiro atoms. The number of hydrogen-bond acceptors (Lipinski definition) is 4. The minimum Gasteiger partial charge on any atom is -0.479 e. The van der Waals surface area contributed by atoms with Crippen molar-refractivity contribution in [1.82, 2.24) is 4.57 Å². The zero-order chi connectivity index (χ0) is 27.8. The number of ketones is 1. The van der Waals surface area contributed by atoms with Crippen LogP contribution in [0, 0.1) is 12.7 Å². The largest absolute Gasteiger partial charge is 0.573 e. The van der Waals surface area contributed by atoms with Crippen molar-refractivity contribution in [2.24, 2.45) is 0 Å². The molecule has 0 aliphatic carbocycles. The van der Waals surface area contributed by atoms with Gasteiger partial charge in [0.25, 0.3) is 0 Å². The van der Waals surface area contributed by atoms with Gasteiger partial charge in [-0.1, -0.05) is 18.5 Å². The lowest BCUT2D eigenvalue weighted by Crippen LogP contribution is -2.26. The van der Waals surface area contributed by atoms with Crippen LogP contribution >= 0.6 is 11.6 Å². The monoisotopic (exact) mass is 549 g/mol. The number of benzene rings is 3. The molecule has 0 saturated heterocycles. The van der Waals surface area contributed by atoms with Gasteiger partial charge in [0.1, 0.15) is 17.3 Å². The minimum atomic E-state index is -5.04. The Hall–Kier alpha value is -4.05. The molecule has 0 radical (unpaired) electrons. The number of carboxylic acids is 1. The van der Waals surface area contributed by atoms with Crippen LogP contribution in [-0.2, 0) is 4.79 Å². The number of alkyl halides is 3. The van der Waals surface area contributed by atoms with Crippen LogP contribution in [0.25, 0.3) is 16.6 Å². The maximum Gasteiger partial charge on any atom is 0.573 e. The number of aromatic nitrogens is 1. The Bertz CT molecular complexity index is 1530. The number of nitrogens with zero attached hydrogens (tertiary/aromatic N) is 1. The minimum absolute atomic E-state index is 0.0734. The van der Waals surface area contributed by atoms with Gasteiger partial charge in [-0.2, -0.15) is 0 Å². The Balaban J connectivity index is 1.92. The third-order valence-corrected chi connectivity index (χ3v) is 5.95. The van der Waals surface area contributed by atoms with Gasteiger partial charge in [0.2, 0.25) is 0 Å². The van der Waals surface area contributed by atoms with Gasteiger partial charge < -0.3 is 19.1 Å². The Morgan fingerprint density at radius 1 is 1.03 bits per heavy atom. The maximum atomic E-state index is 14.6. The second-order valence-corrected chi connectivity index (χ2v) is 8.84. The van der Waals surface area contributed by atoms with Gasteiger partial charge in [-0.25, -0.2) is 9.18 Å². The van der Waals surface area contributed by atoms with E-state index in [1.165, 1.54) is 34.9 Å². The average molecular weight is 550 g/mol. The van der Waals surface area contributed by atoms with Crippen LogP contribution in [0.3, 0.4) is 0 Å². The number of halogens is 5. The number of carbonyl (C=O) groups is 2. The zero-order valence-corrected chi connectivity index (χ0v) is 20.7. The summed E-state index contributed by atoms with van der Waals surface area (Å²) in [4.78, 5) is 24.7. The van der Waals surface area contributed by atoms with Crippen LogP contribution in [-0.4, -0.2) is 33.9 Å². The molecule has 6 nitrogen and oxygen atoms in total. The van der Waals surface area contributed by atoms with Crippen molar-refractivity contribution in [3.8, 4) is 17.2 Å². The van der Waals surface area contributed by atoms with Gasteiger partial charge in [0.05, 0.1) is 11.2 Å². The van der Waals surface area contributed by atoms with Crippen molar-refractivity contribution < 1.29 is 41.7 Å². The molecule has 0 aliphatic rings. The number of carbonyl (C=O) groups excluding carboxylic acids is 1. The lowest BCUT2D eigenvalue weighted by atomic mass is 9.99. The molecule has 4 aromatic rings. The molecule has 1 aromatic heterocycles. The Kier molecular flexibility index (Phi) is 7.37. The normalized spacial score (nSPS) is 12.4. The van der Waals surface area contributed by atoms with E-state index < -0.39 is 35.8 Å². The summed E-state index contributed by atoms with van der Waals surface area (Å²) in [6, 6.07) is 13.0. The predicted octanol–water partition coefficient (Wildman–Crippen LogP) is 7.10. The lowest BCUT2D eigenvalue weighted by Gasteiger charge is -2.16. The van der Waals surface area contributed by atoms with Gasteiger partial charge in [-0.05, 0) is 55.8 Å². The van der Waals surface area contributed by atoms with Crippen molar-refractivity contribution in [1.29, 1.82) is 0 Å². The second kappa shape index (κ2) is 10.4. The molecule has 38 heavy (non-hydrogen) atoms. The third kappa shape index (κ3) is 5.75. The Morgan fingerprint density at radius 2 is 1.71 bits per heavy atom. The number of hydrogen-bond donors (Lipinski definition) is 1. The lowest BCUT2D eigenvalue weighted by molar-refractivity contribution is -0.274. The predicted molar refractivity (Wildman–Crippen MR) is 132 cm³/mol. The fourth-order valence-electron chi connectivity index (χ4n) is 4.11. The van der Waals surface area contributed by atoms with Crippen LogP contribution in [0.2, 0.25) is 5.02 Å². The van der Waals surface area contributed by atoms with Gasteiger partial charge in [0.15, 0.2) is 11.9 Å². The highest BCUT2D eigenvalue weighted by Gasteiger charge is 2.32. The number of fused-ring (bicyclic) bond motifs is 1. The van der Waals surface area contributed by atoms with Crippen LogP contribution < -0.4 is 9.47 Å². The molecule has 198 valence electrons. The first-order chi connectivity index (χ1) is 17.9. The molecule has 0 unspecified atom stereocenters. The number of ether oxygens (including phenoxy) is 2. The Labute approximate surface area is 219 Å². The molecule has 0 fully saturated rings. The molecule has 1 atom stereocenters. The van der Waals surface area contributed by atoms with Crippen molar-refractivity contribution >= 4 is 34.3 Å². The average Bonchev–Trinajstić information content (AvgIpc) is 3.16. The third-order valence-electron chi connectivity index (χ3n) is 5.70. The van der Waals surface area contributed by atoms with E-state index in [4.69, 9.17) is 16.3 Å². The maximum absolute atomic E-state index is 14.6. The highest BCUT2D eigenvalue weighted by Crippen LogP contribution is 2.35. The van der Waals surface area contributed by atoms with E-state index in [9.17, 15) is 32.3 Å². The fraction of sp³-hybridized carbons (Fsp3) is 0.185. The van der Waals surface area contributed by atoms with Crippen molar-refractivity contribution in [2.75, 3.05) is 0 Å². The van der Waals surface area contributed by atoms with E-state index in [-0.39, 0.29) is 34.5 Å². The molecule has 11 heteroatoms. The smallest absolute Gasteiger partial charge is 0.479 e.